The van der Waals surface area contributed by atoms with E-state index in [-0.39, 0.29) is 28.8 Å². The average molecular weight is 645 g/mol. The van der Waals surface area contributed by atoms with E-state index in [0.29, 0.717) is 47.4 Å². The smallest absolute Gasteiger partial charge is 0.222 e. The largest absolute Gasteiger partial charge is 0.487 e. The molecule has 2 atom stereocenters. The minimum absolute atomic E-state index is 0.159. The van der Waals surface area contributed by atoms with Gasteiger partial charge in [0.05, 0.1) is 11.6 Å². The van der Waals surface area contributed by atoms with E-state index in [1.807, 2.05) is 48.5 Å². The Balaban J connectivity index is 0.000000209. The van der Waals surface area contributed by atoms with Crippen molar-refractivity contribution in [2.24, 2.45) is 9.98 Å². The van der Waals surface area contributed by atoms with Gasteiger partial charge < -0.3 is 20.1 Å². The first-order valence-electron chi connectivity index (χ1n) is 15.5. The molecule has 3 aliphatic rings. The summed E-state index contributed by atoms with van der Waals surface area (Å²) in [5, 5.41) is 18.9. The molecule has 3 N–H and O–H groups in total. The standard InChI is InChI=1S/C17H24FN3O2.C17H26FN3O2/c1-15(2,3)19-14-20-17(23-21(14)6)10-16(4,5)22-13-8-7-11(18)9-12(13)17;1-16(2,3)20-15(21(6)22)19-13-10-17(4,5)23-14-8-7-11(18)9-12(13)14/h7-9H,10H2,1-6H3,(H,19,20);7-9,13,22H,10H2,1-6H3,(H,19,20). The van der Waals surface area contributed by atoms with E-state index in [4.69, 9.17) is 19.3 Å². The molecule has 0 amide bonds. The van der Waals surface area contributed by atoms with Crippen LogP contribution in [0, 0.1) is 11.6 Å². The molecule has 0 aromatic heterocycles. The Kier molecular flexibility index (Phi) is 9.33. The Bertz CT molecular complexity index is 1480. The summed E-state index contributed by atoms with van der Waals surface area (Å²) in [6, 6.07) is 8.64. The van der Waals surface area contributed by atoms with Crippen LogP contribution in [-0.4, -0.2) is 63.6 Å². The fraction of sp³-hybridized carbons (Fsp3) is 0.588. The van der Waals surface area contributed by atoms with Gasteiger partial charge in [0.2, 0.25) is 17.6 Å². The van der Waals surface area contributed by atoms with Gasteiger partial charge in [-0.25, -0.2) is 33.7 Å². The van der Waals surface area contributed by atoms with Crippen LogP contribution in [0.1, 0.15) is 99.2 Å². The zero-order chi connectivity index (χ0) is 34.5. The maximum absolute atomic E-state index is 13.8. The molecule has 12 heteroatoms. The molecule has 0 fully saturated rings. The first-order valence-corrected chi connectivity index (χ1v) is 15.5. The Labute approximate surface area is 271 Å². The number of halogens is 2. The number of hydrogen-bond acceptors (Lipinski definition) is 8. The van der Waals surface area contributed by atoms with Gasteiger partial charge in [0.1, 0.15) is 34.3 Å². The molecule has 2 unspecified atom stereocenters. The zero-order valence-corrected chi connectivity index (χ0v) is 29.2. The molecule has 0 bridgehead atoms. The van der Waals surface area contributed by atoms with Crippen molar-refractivity contribution in [1.82, 2.24) is 20.8 Å². The van der Waals surface area contributed by atoms with Crippen molar-refractivity contribution in [3.05, 3.63) is 59.2 Å². The lowest BCUT2D eigenvalue weighted by Gasteiger charge is -2.41. The SMILES string of the molecule is CN(O)C(=NC1CC(C)(C)Oc2ccc(F)cc21)NC(C)(C)C.CN1OC2(CC(C)(C)Oc3ccc(F)cc32)N=C1NC(C)(C)C. The summed E-state index contributed by atoms with van der Waals surface area (Å²) in [6.45, 7) is 20.0. The highest BCUT2D eigenvalue weighted by atomic mass is 19.1. The van der Waals surface area contributed by atoms with Crippen molar-refractivity contribution >= 4 is 11.9 Å². The molecule has 2 aromatic rings. The minimum atomic E-state index is -0.971. The van der Waals surface area contributed by atoms with Gasteiger partial charge in [0.25, 0.3) is 0 Å². The van der Waals surface area contributed by atoms with Gasteiger partial charge in [-0.3, -0.25) is 5.21 Å². The summed E-state index contributed by atoms with van der Waals surface area (Å²) in [5.74, 6) is 1.56. The molecule has 10 nitrogen and oxygen atoms in total. The van der Waals surface area contributed by atoms with Gasteiger partial charge in [-0.2, -0.15) is 0 Å². The lowest BCUT2D eigenvalue weighted by Crippen LogP contribution is -2.47. The van der Waals surface area contributed by atoms with Crippen LogP contribution in [-0.2, 0) is 10.6 Å². The number of nitrogens with one attached hydrogen (secondary N) is 2. The summed E-state index contributed by atoms with van der Waals surface area (Å²) >= 11 is 0. The van der Waals surface area contributed by atoms with Crippen LogP contribution in [0.5, 0.6) is 11.5 Å². The van der Waals surface area contributed by atoms with Crippen LogP contribution >= 0.6 is 0 Å². The van der Waals surface area contributed by atoms with E-state index in [9.17, 15) is 14.0 Å². The average Bonchev–Trinajstić information content (AvgIpc) is 3.16. The number of aliphatic imine (C=N–C) groups is 2. The second kappa shape index (κ2) is 12.2. The van der Waals surface area contributed by atoms with Crippen molar-refractivity contribution in [1.29, 1.82) is 0 Å². The lowest BCUT2D eigenvalue weighted by molar-refractivity contribution is -0.200. The molecule has 5 rings (SSSR count). The molecular formula is C34H50F2N6O4. The van der Waals surface area contributed by atoms with Gasteiger partial charge in [-0.05, 0) is 106 Å². The molecule has 0 radical (unpaired) electrons. The van der Waals surface area contributed by atoms with Gasteiger partial charge in [-0.15, -0.1) is 0 Å². The van der Waals surface area contributed by atoms with Crippen LogP contribution in [0.25, 0.3) is 0 Å². The topological polar surface area (TPSA) is 103 Å². The maximum atomic E-state index is 13.8. The fourth-order valence-electron chi connectivity index (χ4n) is 5.64. The van der Waals surface area contributed by atoms with Gasteiger partial charge >= 0.3 is 0 Å². The van der Waals surface area contributed by atoms with Crippen LogP contribution in [0.2, 0.25) is 0 Å². The summed E-state index contributed by atoms with van der Waals surface area (Å²) in [5.41, 5.74) is -0.962. The van der Waals surface area contributed by atoms with Crippen molar-refractivity contribution in [2.75, 3.05) is 14.1 Å². The number of hydrogen-bond donors (Lipinski definition) is 3. The van der Waals surface area contributed by atoms with Crippen LogP contribution in [0.4, 0.5) is 8.78 Å². The Morgan fingerprint density at radius 1 is 0.957 bits per heavy atom. The third-order valence-electron chi connectivity index (χ3n) is 7.25. The highest BCUT2D eigenvalue weighted by Gasteiger charge is 2.52. The molecule has 0 saturated carbocycles. The van der Waals surface area contributed by atoms with Crippen LogP contribution in [0.3, 0.4) is 0 Å². The zero-order valence-electron chi connectivity index (χ0n) is 29.2. The number of benzene rings is 2. The predicted molar refractivity (Wildman–Crippen MR) is 175 cm³/mol. The van der Waals surface area contributed by atoms with E-state index in [1.54, 1.807) is 24.2 Å². The number of hydroxylamine groups is 4. The highest BCUT2D eigenvalue weighted by Crippen LogP contribution is 2.49. The van der Waals surface area contributed by atoms with E-state index in [2.05, 4.69) is 36.4 Å². The number of ether oxygens (including phenoxy) is 2. The second-order valence-electron chi connectivity index (χ2n) is 15.5. The predicted octanol–water partition coefficient (Wildman–Crippen LogP) is 6.65. The monoisotopic (exact) mass is 644 g/mol. The third-order valence-corrected chi connectivity index (χ3v) is 7.25. The maximum Gasteiger partial charge on any atom is 0.222 e. The van der Waals surface area contributed by atoms with Gasteiger partial charge in [0.15, 0.2) is 0 Å². The summed E-state index contributed by atoms with van der Waals surface area (Å²) in [7, 11) is 3.31. The fourth-order valence-corrected chi connectivity index (χ4v) is 5.64. The normalized spacial score (nSPS) is 23.2. The third kappa shape index (κ3) is 8.58. The summed E-state index contributed by atoms with van der Waals surface area (Å²) in [6.07, 6.45) is 1.09. The molecular weight excluding hydrogens is 594 g/mol. The van der Waals surface area contributed by atoms with Crippen molar-refractivity contribution in [2.45, 2.75) is 116 Å². The number of nitrogens with zero attached hydrogens (tertiary/aromatic N) is 4. The van der Waals surface area contributed by atoms with E-state index in [1.165, 1.54) is 31.3 Å². The summed E-state index contributed by atoms with van der Waals surface area (Å²) < 4.78 is 39.3. The molecule has 0 saturated heterocycles. The van der Waals surface area contributed by atoms with Crippen molar-refractivity contribution in [3.8, 4) is 11.5 Å². The molecule has 1 spiro atoms. The van der Waals surface area contributed by atoms with E-state index < -0.39 is 16.9 Å². The first kappa shape index (κ1) is 35.2. The van der Waals surface area contributed by atoms with E-state index in [0.717, 1.165) is 5.06 Å². The van der Waals surface area contributed by atoms with Crippen LogP contribution in [0.15, 0.2) is 46.4 Å². The molecule has 46 heavy (non-hydrogen) atoms. The van der Waals surface area contributed by atoms with Crippen molar-refractivity contribution in [3.63, 3.8) is 0 Å². The minimum Gasteiger partial charge on any atom is -0.487 e. The van der Waals surface area contributed by atoms with Gasteiger partial charge in [0, 0.05) is 43.6 Å². The number of fused-ring (bicyclic) bond motifs is 3. The van der Waals surface area contributed by atoms with Gasteiger partial charge in [-0.1, -0.05) is 0 Å². The Hall–Kier alpha value is -3.64. The quantitative estimate of drug-likeness (QED) is 0.180. The molecule has 254 valence electrons. The Morgan fingerprint density at radius 3 is 2.13 bits per heavy atom. The van der Waals surface area contributed by atoms with E-state index >= 15 is 0 Å². The summed E-state index contributed by atoms with van der Waals surface area (Å²) in [4.78, 5) is 15.5. The molecule has 2 aromatic carbocycles. The Morgan fingerprint density at radius 2 is 1.54 bits per heavy atom. The number of guanidine groups is 2. The van der Waals surface area contributed by atoms with Crippen LogP contribution < -0.4 is 20.1 Å². The molecule has 0 aliphatic carbocycles. The lowest BCUT2D eigenvalue weighted by atomic mass is 9.87. The highest BCUT2D eigenvalue weighted by molar-refractivity contribution is 5.81. The molecule has 3 heterocycles. The second-order valence-corrected chi connectivity index (χ2v) is 15.5. The molecule has 3 aliphatic heterocycles. The van der Waals surface area contributed by atoms with Crippen molar-refractivity contribution < 1.29 is 28.3 Å². The number of rotatable bonds is 1. The first-order chi connectivity index (χ1) is 21.0.